The van der Waals surface area contributed by atoms with Crippen molar-refractivity contribution in [3.05, 3.63) is 70.0 Å². The molecule has 0 saturated heterocycles. The second-order valence-electron chi connectivity index (χ2n) is 4.24. The average Bonchev–Trinajstić information content (AvgIpc) is 2.42. The summed E-state index contributed by atoms with van der Waals surface area (Å²) in [5.41, 5.74) is 1.65. The Kier molecular flexibility index (Phi) is 5.04. The van der Waals surface area contributed by atoms with Crippen LogP contribution in [0.4, 0.5) is 4.39 Å². The fourth-order valence-corrected chi connectivity index (χ4v) is 2.76. The lowest BCUT2D eigenvalue weighted by atomic mass is 10.1. The first-order valence-corrected chi connectivity index (χ1v) is 7.43. The minimum Gasteiger partial charge on any atom is -0.478 e. The Morgan fingerprint density at radius 3 is 2.35 bits per heavy atom. The van der Waals surface area contributed by atoms with E-state index in [4.69, 9.17) is 16.7 Å². The lowest BCUT2D eigenvalue weighted by molar-refractivity contribution is 0.0692. The molecule has 0 unspecified atom stereocenters. The topological polar surface area (TPSA) is 37.3 Å². The molecule has 0 aromatic heterocycles. The number of carboxylic acids is 1. The maximum absolute atomic E-state index is 13.2. The highest BCUT2D eigenvalue weighted by Crippen LogP contribution is 2.21. The minimum absolute atomic E-state index is 0.283. The smallest absolute Gasteiger partial charge is 0.338 e. The molecule has 0 atom stereocenters. The summed E-state index contributed by atoms with van der Waals surface area (Å²) in [5.74, 6) is -0.531. The normalized spacial score (nSPS) is 10.5. The van der Waals surface area contributed by atoms with E-state index in [0.717, 1.165) is 16.9 Å². The van der Waals surface area contributed by atoms with Gasteiger partial charge in [-0.25, -0.2) is 9.18 Å². The highest BCUT2D eigenvalue weighted by atomic mass is 35.5. The molecular weight excluding hydrogens is 299 g/mol. The van der Waals surface area contributed by atoms with Gasteiger partial charge in [0.25, 0.3) is 0 Å². The molecule has 5 heteroatoms. The molecule has 0 aliphatic rings. The molecule has 0 spiro atoms. The SMILES string of the molecule is O=C(O)c1cc(CSCc2ccc(Cl)cc2)ccc1F. The first-order chi connectivity index (χ1) is 9.56. The molecule has 0 radical (unpaired) electrons. The van der Waals surface area contributed by atoms with Crippen molar-refractivity contribution in [1.82, 2.24) is 0 Å². The van der Waals surface area contributed by atoms with Gasteiger partial charge in [0.2, 0.25) is 0 Å². The van der Waals surface area contributed by atoms with Gasteiger partial charge < -0.3 is 5.11 Å². The van der Waals surface area contributed by atoms with Gasteiger partial charge in [0.15, 0.2) is 0 Å². The zero-order valence-corrected chi connectivity index (χ0v) is 12.0. The van der Waals surface area contributed by atoms with Crippen LogP contribution in [0.3, 0.4) is 0 Å². The largest absolute Gasteiger partial charge is 0.478 e. The fourth-order valence-electron chi connectivity index (χ4n) is 1.69. The molecule has 0 aliphatic heterocycles. The van der Waals surface area contributed by atoms with Crippen molar-refractivity contribution in [2.24, 2.45) is 0 Å². The first kappa shape index (κ1) is 14.9. The van der Waals surface area contributed by atoms with E-state index in [0.29, 0.717) is 10.8 Å². The lowest BCUT2D eigenvalue weighted by Crippen LogP contribution is -2.01. The number of benzene rings is 2. The molecule has 20 heavy (non-hydrogen) atoms. The third-order valence-corrected chi connectivity index (χ3v) is 4.04. The van der Waals surface area contributed by atoms with E-state index in [1.54, 1.807) is 17.8 Å². The molecule has 1 N–H and O–H groups in total. The molecule has 0 fully saturated rings. The quantitative estimate of drug-likeness (QED) is 0.876. The maximum Gasteiger partial charge on any atom is 0.338 e. The lowest BCUT2D eigenvalue weighted by Gasteiger charge is -2.05. The van der Waals surface area contributed by atoms with E-state index < -0.39 is 11.8 Å². The second-order valence-corrected chi connectivity index (χ2v) is 5.66. The van der Waals surface area contributed by atoms with Crippen molar-refractivity contribution in [3.8, 4) is 0 Å². The van der Waals surface area contributed by atoms with Crippen LogP contribution < -0.4 is 0 Å². The van der Waals surface area contributed by atoms with Gasteiger partial charge in [-0.1, -0.05) is 29.8 Å². The van der Waals surface area contributed by atoms with E-state index in [1.807, 2.05) is 24.3 Å². The predicted octanol–water partition coefficient (Wildman–Crippen LogP) is 4.61. The zero-order valence-electron chi connectivity index (χ0n) is 10.5. The van der Waals surface area contributed by atoms with Crippen LogP contribution in [0.25, 0.3) is 0 Å². The molecule has 2 aromatic carbocycles. The molecular formula is C15H12ClFO2S. The highest BCUT2D eigenvalue weighted by Gasteiger charge is 2.10. The summed E-state index contributed by atoms with van der Waals surface area (Å²) in [5, 5.41) is 9.56. The van der Waals surface area contributed by atoms with E-state index in [9.17, 15) is 9.18 Å². The summed E-state index contributed by atoms with van der Waals surface area (Å²) in [6.45, 7) is 0. The Hall–Kier alpha value is -1.52. The van der Waals surface area contributed by atoms with Crippen molar-refractivity contribution in [2.75, 3.05) is 0 Å². The number of carbonyl (C=O) groups is 1. The second kappa shape index (κ2) is 6.77. The van der Waals surface area contributed by atoms with Gasteiger partial charge >= 0.3 is 5.97 Å². The summed E-state index contributed by atoms with van der Waals surface area (Å²) in [6.07, 6.45) is 0. The Morgan fingerprint density at radius 1 is 1.10 bits per heavy atom. The van der Waals surface area contributed by atoms with E-state index in [-0.39, 0.29) is 5.56 Å². The number of hydrogen-bond acceptors (Lipinski definition) is 2. The van der Waals surface area contributed by atoms with Crippen LogP contribution in [0.1, 0.15) is 21.5 Å². The molecule has 0 amide bonds. The highest BCUT2D eigenvalue weighted by molar-refractivity contribution is 7.97. The zero-order chi connectivity index (χ0) is 14.5. The Bertz CT molecular complexity index is 614. The first-order valence-electron chi connectivity index (χ1n) is 5.90. The standard InChI is InChI=1S/C15H12ClFO2S/c16-12-4-1-10(2-5-12)8-20-9-11-3-6-14(17)13(7-11)15(18)19/h1-7H,8-9H2,(H,18,19). The van der Waals surface area contributed by atoms with Crippen molar-refractivity contribution in [3.63, 3.8) is 0 Å². The van der Waals surface area contributed by atoms with Gasteiger partial charge in [-0.05, 0) is 35.4 Å². The van der Waals surface area contributed by atoms with Crippen LogP contribution in [0, 0.1) is 5.82 Å². The van der Waals surface area contributed by atoms with Crippen LogP contribution in [-0.4, -0.2) is 11.1 Å². The van der Waals surface area contributed by atoms with Gasteiger partial charge in [-0.3, -0.25) is 0 Å². The van der Waals surface area contributed by atoms with E-state index in [2.05, 4.69) is 0 Å². The summed E-state index contributed by atoms with van der Waals surface area (Å²) >= 11 is 7.44. The third-order valence-electron chi connectivity index (χ3n) is 2.71. The van der Waals surface area contributed by atoms with Gasteiger partial charge in [0, 0.05) is 16.5 Å². The van der Waals surface area contributed by atoms with Gasteiger partial charge in [-0.2, -0.15) is 11.8 Å². The number of thioether (sulfide) groups is 1. The van der Waals surface area contributed by atoms with Crippen LogP contribution in [0.2, 0.25) is 5.02 Å². The fraction of sp³-hybridized carbons (Fsp3) is 0.133. The van der Waals surface area contributed by atoms with Gasteiger partial charge in [0.05, 0.1) is 5.56 Å². The summed E-state index contributed by atoms with van der Waals surface area (Å²) in [7, 11) is 0. The Labute approximate surface area is 125 Å². The molecule has 0 saturated carbocycles. The van der Waals surface area contributed by atoms with Gasteiger partial charge in [0.1, 0.15) is 5.82 Å². The number of halogens is 2. The van der Waals surface area contributed by atoms with Crippen LogP contribution in [0.15, 0.2) is 42.5 Å². The molecule has 0 heterocycles. The summed E-state index contributed by atoms with van der Waals surface area (Å²) in [4.78, 5) is 10.8. The molecule has 104 valence electrons. The molecule has 2 nitrogen and oxygen atoms in total. The number of aromatic carboxylic acids is 1. The van der Waals surface area contributed by atoms with Crippen molar-refractivity contribution in [2.45, 2.75) is 11.5 Å². The number of hydrogen-bond donors (Lipinski definition) is 1. The van der Waals surface area contributed by atoms with E-state index in [1.165, 1.54) is 12.1 Å². The van der Waals surface area contributed by atoms with Crippen LogP contribution >= 0.6 is 23.4 Å². The van der Waals surface area contributed by atoms with Crippen LogP contribution in [0.5, 0.6) is 0 Å². The summed E-state index contributed by atoms with van der Waals surface area (Å²) in [6, 6.07) is 11.7. The number of carboxylic acid groups (broad SMARTS) is 1. The maximum atomic E-state index is 13.2. The van der Waals surface area contributed by atoms with E-state index >= 15 is 0 Å². The van der Waals surface area contributed by atoms with Crippen molar-refractivity contribution in [1.29, 1.82) is 0 Å². The molecule has 2 rings (SSSR count). The average molecular weight is 311 g/mol. The third kappa shape index (κ3) is 3.99. The van der Waals surface area contributed by atoms with Crippen molar-refractivity contribution >= 4 is 29.3 Å². The minimum atomic E-state index is -1.24. The Balaban J connectivity index is 1.96. The van der Waals surface area contributed by atoms with Gasteiger partial charge in [-0.15, -0.1) is 0 Å². The summed E-state index contributed by atoms with van der Waals surface area (Å²) < 4.78 is 13.2. The number of rotatable bonds is 5. The molecule has 2 aromatic rings. The molecule has 0 bridgehead atoms. The monoisotopic (exact) mass is 310 g/mol. The predicted molar refractivity (Wildman–Crippen MR) is 79.8 cm³/mol. The Morgan fingerprint density at radius 2 is 1.70 bits per heavy atom. The van der Waals surface area contributed by atoms with Crippen molar-refractivity contribution < 1.29 is 14.3 Å². The molecule has 0 aliphatic carbocycles. The van der Waals surface area contributed by atoms with Crippen LogP contribution in [-0.2, 0) is 11.5 Å².